The monoisotopic (exact) mass is 354 g/mol. The fraction of sp³-hybridized carbons (Fsp3) is 0.474. The van der Waals surface area contributed by atoms with Crippen molar-refractivity contribution in [2.24, 2.45) is 5.92 Å². The molecule has 1 amide bonds. The lowest BCUT2D eigenvalue weighted by Crippen LogP contribution is -2.35. The van der Waals surface area contributed by atoms with Gasteiger partial charge in [-0.25, -0.2) is 4.98 Å². The molecule has 1 N–H and O–H groups in total. The number of carbonyl (C=O) groups is 1. The molecule has 0 bridgehead atoms. The summed E-state index contributed by atoms with van der Waals surface area (Å²) in [5.41, 5.74) is 0.786. The third-order valence-corrected chi connectivity index (χ3v) is 5.44. The van der Waals surface area contributed by atoms with Crippen molar-refractivity contribution >= 4 is 28.3 Å². The molecule has 1 aliphatic heterocycles. The Balaban J connectivity index is 1.42. The number of rotatable bonds is 4. The van der Waals surface area contributed by atoms with Crippen LogP contribution in [-0.2, 0) is 4.79 Å². The van der Waals surface area contributed by atoms with Crippen molar-refractivity contribution in [1.29, 1.82) is 0 Å². The summed E-state index contributed by atoms with van der Waals surface area (Å²) in [7, 11) is 0. The number of nitro groups is 1. The highest BCUT2D eigenvalue weighted by molar-refractivity contribution is 5.82. The number of nitrogens with one attached hydrogen (secondary N) is 1. The number of pyridine rings is 1. The molecule has 1 aromatic heterocycles. The van der Waals surface area contributed by atoms with Gasteiger partial charge in [-0.05, 0) is 37.5 Å². The van der Waals surface area contributed by atoms with Gasteiger partial charge in [-0.1, -0.05) is 12.8 Å². The molecule has 1 aliphatic carbocycles. The Morgan fingerprint density at radius 1 is 1.19 bits per heavy atom. The van der Waals surface area contributed by atoms with Gasteiger partial charge in [-0.2, -0.15) is 0 Å². The molecule has 2 fully saturated rings. The number of hydrogen-bond acceptors (Lipinski definition) is 5. The van der Waals surface area contributed by atoms with E-state index >= 15 is 0 Å². The van der Waals surface area contributed by atoms with Crippen LogP contribution in [0, 0.1) is 16.0 Å². The first kappa shape index (κ1) is 16.8. The summed E-state index contributed by atoms with van der Waals surface area (Å²) in [6, 6.07) is 8.55. The Labute approximate surface area is 151 Å². The number of anilines is 1. The van der Waals surface area contributed by atoms with Crippen molar-refractivity contribution < 1.29 is 9.72 Å². The van der Waals surface area contributed by atoms with Crippen LogP contribution < -0.4 is 5.32 Å². The number of likely N-dealkylation sites (tertiary alicyclic amines) is 1. The van der Waals surface area contributed by atoms with Crippen LogP contribution in [0.25, 0.3) is 10.9 Å². The van der Waals surface area contributed by atoms with Gasteiger partial charge >= 0.3 is 0 Å². The largest absolute Gasteiger partial charge is 0.365 e. The van der Waals surface area contributed by atoms with Crippen molar-refractivity contribution in [3.63, 3.8) is 0 Å². The number of amides is 1. The fourth-order valence-corrected chi connectivity index (χ4v) is 4.03. The summed E-state index contributed by atoms with van der Waals surface area (Å²) in [6.45, 7) is 1.52. The van der Waals surface area contributed by atoms with Crippen molar-refractivity contribution in [1.82, 2.24) is 9.88 Å². The maximum atomic E-state index is 12.5. The maximum Gasteiger partial charge on any atom is 0.270 e. The molecule has 2 aromatic rings. The van der Waals surface area contributed by atoms with Gasteiger partial charge in [-0.3, -0.25) is 14.9 Å². The van der Waals surface area contributed by atoms with Crippen molar-refractivity contribution in [3.05, 3.63) is 40.4 Å². The van der Waals surface area contributed by atoms with E-state index in [0.29, 0.717) is 5.91 Å². The van der Waals surface area contributed by atoms with E-state index in [1.54, 1.807) is 6.07 Å². The minimum atomic E-state index is -0.403. The Hall–Kier alpha value is -2.70. The summed E-state index contributed by atoms with van der Waals surface area (Å²) < 4.78 is 0. The number of fused-ring (bicyclic) bond motifs is 1. The highest BCUT2D eigenvalue weighted by Crippen LogP contribution is 2.28. The number of benzene rings is 1. The van der Waals surface area contributed by atoms with E-state index in [2.05, 4.69) is 10.3 Å². The number of non-ortho nitro benzene ring substituents is 1. The van der Waals surface area contributed by atoms with Gasteiger partial charge in [0.1, 0.15) is 5.82 Å². The normalized spacial score (nSPS) is 20.6. The van der Waals surface area contributed by atoms with Gasteiger partial charge in [0.25, 0.3) is 5.69 Å². The molecular formula is C19H22N4O3. The molecule has 7 heteroatoms. The zero-order chi connectivity index (χ0) is 18.1. The lowest BCUT2D eigenvalue weighted by atomic mass is 10.1. The van der Waals surface area contributed by atoms with Gasteiger partial charge < -0.3 is 10.2 Å². The predicted molar refractivity (Wildman–Crippen MR) is 99.0 cm³/mol. The second kappa shape index (κ2) is 6.90. The standard InChI is InChI=1S/C19H22N4O3/c24-19(13-3-1-2-4-13)22-10-9-15(12-22)20-18-8-5-14-11-16(23(25)26)6-7-17(14)21-18/h5-8,11,13,15H,1-4,9-10,12H2,(H,20,21). The molecule has 0 spiro atoms. The van der Waals surface area contributed by atoms with Gasteiger partial charge in [0.2, 0.25) is 5.91 Å². The predicted octanol–water partition coefficient (Wildman–Crippen LogP) is 3.35. The molecule has 7 nitrogen and oxygen atoms in total. The first-order valence-electron chi connectivity index (χ1n) is 9.21. The van der Waals surface area contributed by atoms with Crippen molar-refractivity contribution in [3.8, 4) is 0 Å². The zero-order valence-corrected chi connectivity index (χ0v) is 14.6. The minimum Gasteiger partial charge on any atom is -0.365 e. The van der Waals surface area contributed by atoms with Gasteiger partial charge in [0.15, 0.2) is 0 Å². The molecule has 1 atom stereocenters. The first-order chi connectivity index (χ1) is 12.6. The molecule has 1 aromatic carbocycles. The van der Waals surface area contributed by atoms with E-state index in [4.69, 9.17) is 0 Å². The Morgan fingerprint density at radius 2 is 2.00 bits per heavy atom. The van der Waals surface area contributed by atoms with Crippen LogP contribution >= 0.6 is 0 Å². The molecule has 1 unspecified atom stereocenters. The Morgan fingerprint density at radius 3 is 2.77 bits per heavy atom. The number of carbonyl (C=O) groups excluding carboxylic acids is 1. The van der Waals surface area contributed by atoms with Gasteiger partial charge in [0.05, 0.1) is 10.4 Å². The molecule has 1 saturated heterocycles. The molecule has 1 saturated carbocycles. The highest BCUT2D eigenvalue weighted by atomic mass is 16.6. The lowest BCUT2D eigenvalue weighted by Gasteiger charge is -2.21. The number of aromatic nitrogens is 1. The van der Waals surface area contributed by atoms with E-state index < -0.39 is 4.92 Å². The van der Waals surface area contributed by atoms with Gasteiger partial charge in [0, 0.05) is 42.6 Å². The molecule has 26 heavy (non-hydrogen) atoms. The fourth-order valence-electron chi connectivity index (χ4n) is 4.03. The van der Waals surface area contributed by atoms with Crippen LogP contribution in [0.4, 0.5) is 11.5 Å². The Kier molecular flexibility index (Phi) is 4.44. The van der Waals surface area contributed by atoms with Crippen LogP contribution in [0.5, 0.6) is 0 Å². The first-order valence-corrected chi connectivity index (χ1v) is 9.21. The second-order valence-corrected chi connectivity index (χ2v) is 7.23. The number of nitro benzene ring substituents is 1. The van der Waals surface area contributed by atoms with Crippen LogP contribution in [0.3, 0.4) is 0 Å². The smallest absolute Gasteiger partial charge is 0.270 e. The second-order valence-electron chi connectivity index (χ2n) is 7.23. The topological polar surface area (TPSA) is 88.4 Å². The quantitative estimate of drug-likeness (QED) is 0.672. The van der Waals surface area contributed by atoms with E-state index in [-0.39, 0.29) is 17.6 Å². The van der Waals surface area contributed by atoms with Crippen LogP contribution in [-0.4, -0.2) is 39.8 Å². The molecule has 2 heterocycles. The maximum absolute atomic E-state index is 12.5. The van der Waals surface area contributed by atoms with Crippen LogP contribution in [0.2, 0.25) is 0 Å². The third-order valence-electron chi connectivity index (χ3n) is 5.44. The van der Waals surface area contributed by atoms with Gasteiger partial charge in [-0.15, -0.1) is 0 Å². The summed E-state index contributed by atoms with van der Waals surface area (Å²) in [4.78, 5) is 29.5. The van der Waals surface area contributed by atoms with E-state index in [0.717, 1.165) is 49.1 Å². The molecule has 4 rings (SSSR count). The summed E-state index contributed by atoms with van der Waals surface area (Å²) in [5, 5.41) is 15.0. The zero-order valence-electron chi connectivity index (χ0n) is 14.6. The molecular weight excluding hydrogens is 332 g/mol. The molecule has 2 aliphatic rings. The summed E-state index contributed by atoms with van der Waals surface area (Å²) in [6.07, 6.45) is 5.33. The highest BCUT2D eigenvalue weighted by Gasteiger charge is 2.32. The van der Waals surface area contributed by atoms with Crippen molar-refractivity contribution in [2.75, 3.05) is 18.4 Å². The Bertz CT molecular complexity index is 848. The molecule has 0 radical (unpaired) electrons. The van der Waals surface area contributed by atoms with E-state index in [1.807, 2.05) is 17.0 Å². The summed E-state index contributed by atoms with van der Waals surface area (Å²) in [5.74, 6) is 1.28. The third kappa shape index (κ3) is 3.34. The lowest BCUT2D eigenvalue weighted by molar-refractivity contribution is -0.384. The van der Waals surface area contributed by atoms with Crippen molar-refractivity contribution in [2.45, 2.75) is 38.1 Å². The average Bonchev–Trinajstić information content (AvgIpc) is 3.32. The number of hydrogen-bond donors (Lipinski definition) is 1. The van der Waals surface area contributed by atoms with Crippen LogP contribution in [0.15, 0.2) is 30.3 Å². The van der Waals surface area contributed by atoms with Crippen LogP contribution in [0.1, 0.15) is 32.1 Å². The SMILES string of the molecule is O=C(C1CCCC1)N1CCC(Nc2ccc3cc([N+](=O)[O-])ccc3n2)C1. The van der Waals surface area contributed by atoms with E-state index in [1.165, 1.54) is 25.0 Å². The molecule has 136 valence electrons. The average molecular weight is 354 g/mol. The van der Waals surface area contributed by atoms with E-state index in [9.17, 15) is 14.9 Å². The summed E-state index contributed by atoms with van der Waals surface area (Å²) >= 11 is 0. The number of nitrogens with zero attached hydrogens (tertiary/aromatic N) is 3. The minimum absolute atomic E-state index is 0.0665.